The predicted octanol–water partition coefficient (Wildman–Crippen LogP) is 3.54. The second-order valence-corrected chi connectivity index (χ2v) is 5.29. The van der Waals surface area contributed by atoms with Gasteiger partial charge in [0.05, 0.1) is 23.0 Å². The molecule has 0 unspecified atom stereocenters. The van der Waals surface area contributed by atoms with E-state index in [1.54, 1.807) is 12.1 Å². The molecule has 0 heterocycles. The van der Waals surface area contributed by atoms with Crippen molar-refractivity contribution in [2.24, 2.45) is 0 Å². The molecule has 19 heavy (non-hydrogen) atoms. The summed E-state index contributed by atoms with van der Waals surface area (Å²) >= 11 is 3.46. The maximum atomic E-state index is 8.95. The molecule has 0 bridgehead atoms. The van der Waals surface area contributed by atoms with Crippen molar-refractivity contribution in [3.63, 3.8) is 0 Å². The SMILES string of the molecule is CN(Cc1cccc(Br)c1)c1cc(C#N)ccc1N. The highest BCUT2D eigenvalue weighted by atomic mass is 79.9. The van der Waals surface area contributed by atoms with Gasteiger partial charge in [-0.2, -0.15) is 5.26 Å². The van der Waals surface area contributed by atoms with Crippen LogP contribution in [0.25, 0.3) is 0 Å². The van der Waals surface area contributed by atoms with E-state index in [-0.39, 0.29) is 0 Å². The van der Waals surface area contributed by atoms with Crippen LogP contribution in [-0.2, 0) is 6.54 Å². The van der Waals surface area contributed by atoms with Gasteiger partial charge in [-0.1, -0.05) is 28.1 Å². The summed E-state index contributed by atoms with van der Waals surface area (Å²) in [6.45, 7) is 0.735. The first-order chi connectivity index (χ1) is 9.10. The average Bonchev–Trinajstić information content (AvgIpc) is 2.39. The minimum atomic E-state index is 0.616. The Balaban J connectivity index is 2.25. The average molecular weight is 316 g/mol. The Morgan fingerprint density at radius 2 is 2.05 bits per heavy atom. The van der Waals surface area contributed by atoms with E-state index < -0.39 is 0 Å². The predicted molar refractivity (Wildman–Crippen MR) is 81.8 cm³/mol. The molecule has 0 spiro atoms. The third-order valence-corrected chi connectivity index (χ3v) is 3.37. The van der Waals surface area contributed by atoms with Crippen molar-refractivity contribution in [1.82, 2.24) is 0 Å². The number of hydrogen-bond donors (Lipinski definition) is 1. The fraction of sp³-hybridized carbons (Fsp3) is 0.133. The zero-order valence-electron chi connectivity index (χ0n) is 10.6. The monoisotopic (exact) mass is 315 g/mol. The van der Waals surface area contributed by atoms with Crippen LogP contribution in [0, 0.1) is 11.3 Å². The third kappa shape index (κ3) is 3.27. The fourth-order valence-electron chi connectivity index (χ4n) is 1.94. The number of nitriles is 1. The Morgan fingerprint density at radius 1 is 1.26 bits per heavy atom. The summed E-state index contributed by atoms with van der Waals surface area (Å²) in [6, 6.07) is 15.6. The fourth-order valence-corrected chi connectivity index (χ4v) is 2.38. The number of rotatable bonds is 3. The largest absolute Gasteiger partial charge is 0.397 e. The molecule has 2 N–H and O–H groups in total. The zero-order chi connectivity index (χ0) is 13.8. The van der Waals surface area contributed by atoms with Crippen LogP contribution < -0.4 is 10.6 Å². The van der Waals surface area contributed by atoms with Gasteiger partial charge in [-0.05, 0) is 35.9 Å². The lowest BCUT2D eigenvalue weighted by atomic mass is 10.1. The molecular formula is C15H14BrN3. The van der Waals surface area contributed by atoms with Crippen molar-refractivity contribution in [3.05, 3.63) is 58.1 Å². The van der Waals surface area contributed by atoms with Crippen LogP contribution in [0.1, 0.15) is 11.1 Å². The minimum absolute atomic E-state index is 0.616. The molecule has 0 radical (unpaired) electrons. The molecule has 4 heteroatoms. The molecule has 0 aliphatic heterocycles. The van der Waals surface area contributed by atoms with Crippen molar-refractivity contribution in [2.75, 3.05) is 17.7 Å². The summed E-state index contributed by atoms with van der Waals surface area (Å²) < 4.78 is 1.05. The molecule has 2 aromatic rings. The highest BCUT2D eigenvalue weighted by molar-refractivity contribution is 9.10. The van der Waals surface area contributed by atoms with E-state index in [1.165, 1.54) is 5.56 Å². The molecular weight excluding hydrogens is 302 g/mol. The maximum Gasteiger partial charge on any atom is 0.0992 e. The smallest absolute Gasteiger partial charge is 0.0992 e. The summed E-state index contributed by atoms with van der Waals surface area (Å²) in [5.41, 5.74) is 9.31. The summed E-state index contributed by atoms with van der Waals surface area (Å²) in [4.78, 5) is 2.04. The van der Waals surface area contributed by atoms with E-state index in [0.717, 1.165) is 16.7 Å². The van der Waals surface area contributed by atoms with Crippen LogP contribution in [0.5, 0.6) is 0 Å². The standard InChI is InChI=1S/C15H14BrN3/c1-19(10-12-3-2-4-13(16)7-12)15-8-11(9-17)5-6-14(15)18/h2-8H,10,18H2,1H3. The molecule has 0 aliphatic carbocycles. The van der Waals surface area contributed by atoms with E-state index >= 15 is 0 Å². The number of anilines is 2. The Kier molecular flexibility index (Phi) is 4.08. The molecule has 0 fully saturated rings. The summed E-state index contributed by atoms with van der Waals surface area (Å²) in [5, 5.41) is 8.95. The molecule has 0 aromatic heterocycles. The van der Waals surface area contributed by atoms with Gasteiger partial charge in [-0.25, -0.2) is 0 Å². The molecule has 3 nitrogen and oxygen atoms in total. The van der Waals surface area contributed by atoms with Crippen molar-refractivity contribution in [1.29, 1.82) is 5.26 Å². The van der Waals surface area contributed by atoms with E-state index in [1.807, 2.05) is 30.1 Å². The van der Waals surface area contributed by atoms with E-state index in [2.05, 4.69) is 34.1 Å². The minimum Gasteiger partial charge on any atom is -0.397 e. The molecule has 2 rings (SSSR count). The topological polar surface area (TPSA) is 53.0 Å². The molecule has 0 saturated heterocycles. The number of benzene rings is 2. The Labute approximate surface area is 121 Å². The van der Waals surface area contributed by atoms with Crippen molar-refractivity contribution < 1.29 is 0 Å². The zero-order valence-corrected chi connectivity index (χ0v) is 12.2. The van der Waals surface area contributed by atoms with Gasteiger partial charge in [-0.15, -0.1) is 0 Å². The number of nitrogens with zero attached hydrogens (tertiary/aromatic N) is 2. The normalized spacial score (nSPS) is 9.95. The van der Waals surface area contributed by atoms with Gasteiger partial charge in [0.1, 0.15) is 0 Å². The van der Waals surface area contributed by atoms with Crippen molar-refractivity contribution in [2.45, 2.75) is 6.54 Å². The van der Waals surface area contributed by atoms with E-state index in [4.69, 9.17) is 11.0 Å². The first-order valence-electron chi connectivity index (χ1n) is 5.85. The van der Waals surface area contributed by atoms with Crippen LogP contribution in [0.4, 0.5) is 11.4 Å². The van der Waals surface area contributed by atoms with Gasteiger partial charge >= 0.3 is 0 Å². The van der Waals surface area contributed by atoms with Gasteiger partial charge in [-0.3, -0.25) is 0 Å². The number of nitrogen functional groups attached to an aromatic ring is 1. The molecule has 96 valence electrons. The van der Waals surface area contributed by atoms with E-state index in [9.17, 15) is 0 Å². The van der Waals surface area contributed by atoms with Crippen LogP contribution >= 0.6 is 15.9 Å². The quantitative estimate of drug-likeness (QED) is 0.881. The first-order valence-corrected chi connectivity index (χ1v) is 6.64. The van der Waals surface area contributed by atoms with Gasteiger partial charge in [0.15, 0.2) is 0 Å². The van der Waals surface area contributed by atoms with Crippen molar-refractivity contribution in [3.8, 4) is 6.07 Å². The maximum absolute atomic E-state index is 8.95. The van der Waals surface area contributed by atoms with Gasteiger partial charge in [0.25, 0.3) is 0 Å². The van der Waals surface area contributed by atoms with Crippen LogP contribution in [0.3, 0.4) is 0 Å². The Bertz CT molecular complexity index is 632. The second kappa shape index (κ2) is 5.77. The van der Waals surface area contributed by atoms with Crippen LogP contribution in [-0.4, -0.2) is 7.05 Å². The Morgan fingerprint density at radius 3 is 2.74 bits per heavy atom. The first kappa shape index (κ1) is 13.4. The molecule has 0 amide bonds. The van der Waals surface area contributed by atoms with Crippen LogP contribution in [0.15, 0.2) is 46.9 Å². The second-order valence-electron chi connectivity index (χ2n) is 4.37. The number of hydrogen-bond acceptors (Lipinski definition) is 3. The molecule has 0 aliphatic rings. The van der Waals surface area contributed by atoms with Gasteiger partial charge in [0, 0.05) is 18.1 Å². The summed E-state index contributed by atoms with van der Waals surface area (Å²) in [6.07, 6.45) is 0. The number of nitrogens with two attached hydrogens (primary N) is 1. The summed E-state index contributed by atoms with van der Waals surface area (Å²) in [7, 11) is 1.97. The highest BCUT2D eigenvalue weighted by Crippen LogP contribution is 2.25. The van der Waals surface area contributed by atoms with Crippen molar-refractivity contribution >= 4 is 27.3 Å². The number of halogens is 1. The highest BCUT2D eigenvalue weighted by Gasteiger charge is 2.07. The van der Waals surface area contributed by atoms with Crippen LogP contribution in [0.2, 0.25) is 0 Å². The third-order valence-electron chi connectivity index (χ3n) is 2.88. The molecule has 0 saturated carbocycles. The molecule has 0 atom stereocenters. The molecule has 2 aromatic carbocycles. The lowest BCUT2D eigenvalue weighted by Crippen LogP contribution is -2.17. The lowest BCUT2D eigenvalue weighted by Gasteiger charge is -2.21. The van der Waals surface area contributed by atoms with E-state index in [0.29, 0.717) is 11.3 Å². The van der Waals surface area contributed by atoms with Gasteiger partial charge < -0.3 is 10.6 Å². The van der Waals surface area contributed by atoms with Gasteiger partial charge in [0.2, 0.25) is 0 Å². The lowest BCUT2D eigenvalue weighted by molar-refractivity contribution is 0.923. The summed E-state index contributed by atoms with van der Waals surface area (Å²) in [5.74, 6) is 0. The Hall–Kier alpha value is -1.99.